The van der Waals surface area contributed by atoms with Gasteiger partial charge in [0.05, 0.1) is 0 Å². The van der Waals surface area contributed by atoms with Gasteiger partial charge in [0.2, 0.25) is 0 Å². The second-order valence-electron chi connectivity index (χ2n) is 6.42. The van der Waals surface area contributed by atoms with E-state index in [1.54, 1.807) is 0 Å². The maximum atomic E-state index is 3.83. The summed E-state index contributed by atoms with van der Waals surface area (Å²) in [7, 11) is 0. The Morgan fingerprint density at radius 1 is 1.12 bits per heavy atom. The van der Waals surface area contributed by atoms with Crippen LogP contribution < -0.4 is 5.32 Å². The Hall–Kier alpha value is -0.0800. The van der Waals surface area contributed by atoms with E-state index in [4.69, 9.17) is 0 Å². The zero-order valence-electron chi connectivity index (χ0n) is 11.9. The van der Waals surface area contributed by atoms with Crippen LogP contribution in [0.5, 0.6) is 0 Å². The fourth-order valence-corrected chi connectivity index (χ4v) is 3.43. The van der Waals surface area contributed by atoms with E-state index in [2.05, 4.69) is 31.0 Å². The normalized spacial score (nSPS) is 39.7. The minimum atomic E-state index is 0.803. The molecule has 2 aliphatic rings. The lowest BCUT2D eigenvalue weighted by molar-refractivity contribution is 0.220. The van der Waals surface area contributed by atoms with Gasteiger partial charge >= 0.3 is 0 Å². The van der Waals surface area contributed by atoms with Crippen molar-refractivity contribution in [2.24, 2.45) is 17.8 Å². The lowest BCUT2D eigenvalue weighted by Gasteiger charge is -2.33. The number of rotatable bonds is 4. The van der Waals surface area contributed by atoms with E-state index in [-0.39, 0.29) is 0 Å². The van der Waals surface area contributed by atoms with Gasteiger partial charge in [0.15, 0.2) is 0 Å². The maximum Gasteiger partial charge on any atom is 0.00699 e. The fraction of sp³-hybridized carbons (Fsp3) is 1.00. The quantitative estimate of drug-likeness (QED) is 0.810. The molecule has 0 radical (unpaired) electrons. The number of likely N-dealkylation sites (tertiary alicyclic amines) is 1. The van der Waals surface area contributed by atoms with E-state index in [9.17, 15) is 0 Å². The van der Waals surface area contributed by atoms with Gasteiger partial charge in [0.25, 0.3) is 0 Å². The van der Waals surface area contributed by atoms with Crippen LogP contribution in [0.25, 0.3) is 0 Å². The Bertz CT molecular complexity index is 229. The van der Waals surface area contributed by atoms with Gasteiger partial charge in [-0.05, 0) is 63.1 Å². The average molecular weight is 238 g/mol. The summed E-state index contributed by atoms with van der Waals surface area (Å²) in [5.74, 6) is 2.76. The largest absolute Gasteiger partial charge is 0.314 e. The summed E-state index contributed by atoms with van der Waals surface area (Å²) in [6.07, 6.45) is 5.62. The molecular formula is C15H30N2. The van der Waals surface area contributed by atoms with Crippen molar-refractivity contribution in [3.63, 3.8) is 0 Å². The van der Waals surface area contributed by atoms with Crippen molar-refractivity contribution < 1.29 is 0 Å². The van der Waals surface area contributed by atoms with Gasteiger partial charge in [0, 0.05) is 12.6 Å². The molecule has 4 unspecified atom stereocenters. The van der Waals surface area contributed by atoms with Crippen LogP contribution in [0.15, 0.2) is 0 Å². The van der Waals surface area contributed by atoms with E-state index >= 15 is 0 Å². The van der Waals surface area contributed by atoms with E-state index in [0.29, 0.717) is 0 Å². The highest BCUT2D eigenvalue weighted by Crippen LogP contribution is 2.29. The Balaban J connectivity index is 1.65. The third-order valence-corrected chi connectivity index (χ3v) is 5.11. The van der Waals surface area contributed by atoms with E-state index in [1.165, 1.54) is 51.9 Å². The molecule has 1 saturated carbocycles. The predicted octanol–water partition coefficient (Wildman–Crippen LogP) is 2.74. The molecule has 2 fully saturated rings. The van der Waals surface area contributed by atoms with Gasteiger partial charge in [0.1, 0.15) is 0 Å². The SMILES string of the molecule is CCN1CCC(CNC2CCC(C)C(C)C2)C1. The lowest BCUT2D eigenvalue weighted by atomic mass is 9.79. The number of nitrogens with zero attached hydrogens (tertiary/aromatic N) is 1. The van der Waals surface area contributed by atoms with Gasteiger partial charge in [-0.15, -0.1) is 0 Å². The Labute approximate surface area is 107 Å². The summed E-state index contributed by atoms with van der Waals surface area (Å²) in [6, 6.07) is 0.803. The van der Waals surface area contributed by atoms with Crippen LogP contribution in [0, 0.1) is 17.8 Å². The van der Waals surface area contributed by atoms with Gasteiger partial charge < -0.3 is 10.2 Å². The zero-order valence-corrected chi connectivity index (χ0v) is 11.9. The molecule has 1 heterocycles. The van der Waals surface area contributed by atoms with E-state index < -0.39 is 0 Å². The monoisotopic (exact) mass is 238 g/mol. The molecular weight excluding hydrogens is 208 g/mol. The summed E-state index contributed by atoms with van der Waals surface area (Å²) in [5, 5.41) is 3.83. The first-order valence-electron chi connectivity index (χ1n) is 7.64. The molecule has 0 aromatic carbocycles. The summed E-state index contributed by atoms with van der Waals surface area (Å²) >= 11 is 0. The summed E-state index contributed by atoms with van der Waals surface area (Å²) in [4.78, 5) is 2.58. The molecule has 1 aliphatic carbocycles. The third kappa shape index (κ3) is 3.69. The van der Waals surface area contributed by atoms with Crippen molar-refractivity contribution in [1.29, 1.82) is 0 Å². The van der Waals surface area contributed by atoms with Crippen LogP contribution in [0.4, 0.5) is 0 Å². The summed E-state index contributed by atoms with van der Waals surface area (Å²) in [5.41, 5.74) is 0. The maximum absolute atomic E-state index is 3.83. The number of hydrogen-bond donors (Lipinski definition) is 1. The highest BCUT2D eigenvalue weighted by atomic mass is 15.1. The Kier molecular flexibility index (Phi) is 4.87. The van der Waals surface area contributed by atoms with Crippen LogP contribution in [0.3, 0.4) is 0 Å². The van der Waals surface area contributed by atoms with Crippen molar-refractivity contribution in [3.05, 3.63) is 0 Å². The first-order valence-corrected chi connectivity index (χ1v) is 7.64. The van der Waals surface area contributed by atoms with Crippen molar-refractivity contribution in [3.8, 4) is 0 Å². The first kappa shape index (κ1) is 13.4. The van der Waals surface area contributed by atoms with Crippen molar-refractivity contribution in [1.82, 2.24) is 10.2 Å². The number of nitrogens with one attached hydrogen (secondary N) is 1. The van der Waals surface area contributed by atoms with Crippen LogP contribution >= 0.6 is 0 Å². The standard InChI is InChI=1S/C15H30N2/c1-4-17-8-7-14(11-17)10-16-15-6-5-12(2)13(3)9-15/h12-16H,4-11H2,1-3H3. The molecule has 4 atom stereocenters. The molecule has 17 heavy (non-hydrogen) atoms. The minimum Gasteiger partial charge on any atom is -0.314 e. The van der Waals surface area contributed by atoms with Crippen LogP contribution in [0.2, 0.25) is 0 Å². The molecule has 0 aromatic rings. The summed E-state index contributed by atoms with van der Waals surface area (Å²) < 4.78 is 0. The van der Waals surface area contributed by atoms with Crippen LogP contribution in [0.1, 0.15) is 46.5 Å². The molecule has 0 bridgehead atoms. The Morgan fingerprint density at radius 3 is 2.59 bits per heavy atom. The first-order chi connectivity index (χ1) is 8.19. The zero-order chi connectivity index (χ0) is 12.3. The fourth-order valence-electron chi connectivity index (χ4n) is 3.43. The van der Waals surface area contributed by atoms with Crippen molar-refractivity contribution >= 4 is 0 Å². The topological polar surface area (TPSA) is 15.3 Å². The molecule has 2 nitrogen and oxygen atoms in total. The van der Waals surface area contributed by atoms with Gasteiger partial charge in [-0.2, -0.15) is 0 Å². The molecule has 2 heteroatoms. The van der Waals surface area contributed by atoms with Gasteiger partial charge in [-0.1, -0.05) is 20.8 Å². The minimum absolute atomic E-state index is 0.803. The molecule has 0 spiro atoms. The molecule has 0 aromatic heterocycles. The molecule has 1 N–H and O–H groups in total. The van der Waals surface area contributed by atoms with Crippen molar-refractivity contribution in [2.75, 3.05) is 26.2 Å². The second kappa shape index (κ2) is 6.19. The molecule has 2 rings (SSSR count). The third-order valence-electron chi connectivity index (χ3n) is 5.11. The molecule has 100 valence electrons. The second-order valence-corrected chi connectivity index (χ2v) is 6.42. The van der Waals surface area contributed by atoms with E-state index in [0.717, 1.165) is 23.8 Å². The summed E-state index contributed by atoms with van der Waals surface area (Å²) in [6.45, 7) is 12.2. The van der Waals surface area contributed by atoms with Crippen molar-refractivity contribution in [2.45, 2.75) is 52.5 Å². The van der Waals surface area contributed by atoms with Crippen LogP contribution in [-0.2, 0) is 0 Å². The number of hydrogen-bond acceptors (Lipinski definition) is 2. The highest BCUT2D eigenvalue weighted by Gasteiger charge is 2.26. The average Bonchev–Trinajstić information content (AvgIpc) is 2.79. The van der Waals surface area contributed by atoms with E-state index in [1.807, 2.05) is 0 Å². The molecule has 1 aliphatic heterocycles. The smallest absolute Gasteiger partial charge is 0.00699 e. The Morgan fingerprint density at radius 2 is 1.94 bits per heavy atom. The lowest BCUT2D eigenvalue weighted by Crippen LogP contribution is -2.39. The molecule has 0 amide bonds. The molecule has 1 saturated heterocycles. The highest BCUT2D eigenvalue weighted by molar-refractivity contribution is 4.82. The van der Waals surface area contributed by atoms with Gasteiger partial charge in [-0.25, -0.2) is 0 Å². The van der Waals surface area contributed by atoms with Gasteiger partial charge in [-0.3, -0.25) is 0 Å². The van der Waals surface area contributed by atoms with Crippen LogP contribution in [-0.4, -0.2) is 37.1 Å². The predicted molar refractivity (Wildman–Crippen MR) is 74.2 cm³/mol.